The Hall–Kier alpha value is -1.62. The van der Waals surface area contributed by atoms with Crippen LogP contribution in [0.1, 0.15) is 45.1 Å². The molecule has 5 nitrogen and oxygen atoms in total. The van der Waals surface area contributed by atoms with Gasteiger partial charge >= 0.3 is 5.69 Å². The quantitative estimate of drug-likeness (QED) is 0.585. The molecule has 1 aromatic rings. The third-order valence-corrected chi connectivity index (χ3v) is 3.57. The maximum absolute atomic E-state index is 11.0. The average Bonchev–Trinajstić information content (AvgIpc) is 2.45. The summed E-state index contributed by atoms with van der Waals surface area (Å²) >= 11 is 0. The predicted octanol–water partition coefficient (Wildman–Crippen LogP) is 3.49. The number of nitro benzene ring substituents is 1. The van der Waals surface area contributed by atoms with Gasteiger partial charge in [0.2, 0.25) is 0 Å². The lowest BCUT2D eigenvalue weighted by Crippen LogP contribution is -2.28. The molecular formula is C15H24N2O3. The van der Waals surface area contributed by atoms with E-state index in [1.807, 2.05) is 26.1 Å². The van der Waals surface area contributed by atoms with Crippen LogP contribution < -0.4 is 10.1 Å². The Labute approximate surface area is 120 Å². The van der Waals surface area contributed by atoms with Crippen molar-refractivity contribution in [2.45, 2.75) is 45.6 Å². The van der Waals surface area contributed by atoms with E-state index in [1.165, 1.54) is 0 Å². The summed E-state index contributed by atoms with van der Waals surface area (Å²) < 4.78 is 5.53. The number of rotatable bonds is 8. The first-order chi connectivity index (χ1) is 9.54. The van der Waals surface area contributed by atoms with Crippen LogP contribution >= 0.6 is 0 Å². The van der Waals surface area contributed by atoms with E-state index < -0.39 is 4.92 Å². The van der Waals surface area contributed by atoms with Crippen LogP contribution in [0.15, 0.2) is 18.2 Å². The van der Waals surface area contributed by atoms with Crippen molar-refractivity contribution in [3.8, 4) is 5.75 Å². The highest BCUT2D eigenvalue weighted by atomic mass is 16.6. The topological polar surface area (TPSA) is 64.4 Å². The number of nitrogens with zero attached hydrogens (tertiary/aromatic N) is 1. The van der Waals surface area contributed by atoms with E-state index in [0.29, 0.717) is 24.3 Å². The molecule has 112 valence electrons. The molecule has 0 aliphatic carbocycles. The Kier molecular flexibility index (Phi) is 6.45. The second-order valence-electron chi connectivity index (χ2n) is 4.92. The number of hydrogen-bond acceptors (Lipinski definition) is 4. The number of nitro groups is 1. The van der Waals surface area contributed by atoms with Gasteiger partial charge in [-0.3, -0.25) is 10.1 Å². The SMILES string of the molecule is CCCOc1cc(C(CC)C(C)NC)ccc1[N+](=O)[O-]. The first-order valence-corrected chi connectivity index (χ1v) is 7.13. The maximum atomic E-state index is 11.0. The van der Waals surface area contributed by atoms with Crippen LogP contribution in [-0.4, -0.2) is 24.6 Å². The molecule has 0 spiro atoms. The lowest BCUT2D eigenvalue weighted by Gasteiger charge is -2.23. The van der Waals surface area contributed by atoms with Gasteiger partial charge in [0.15, 0.2) is 5.75 Å². The van der Waals surface area contributed by atoms with Crippen molar-refractivity contribution in [2.75, 3.05) is 13.7 Å². The molecule has 0 aliphatic heterocycles. The van der Waals surface area contributed by atoms with Crippen LogP contribution in [0.2, 0.25) is 0 Å². The Morgan fingerprint density at radius 3 is 2.60 bits per heavy atom. The van der Waals surface area contributed by atoms with Gasteiger partial charge in [-0.2, -0.15) is 0 Å². The minimum absolute atomic E-state index is 0.0363. The van der Waals surface area contributed by atoms with Crippen LogP contribution in [-0.2, 0) is 0 Å². The predicted molar refractivity (Wildman–Crippen MR) is 80.4 cm³/mol. The van der Waals surface area contributed by atoms with E-state index in [9.17, 15) is 10.1 Å². The zero-order chi connectivity index (χ0) is 15.1. The highest BCUT2D eigenvalue weighted by Gasteiger charge is 2.21. The second-order valence-corrected chi connectivity index (χ2v) is 4.92. The van der Waals surface area contributed by atoms with E-state index in [4.69, 9.17) is 4.74 Å². The Balaban J connectivity index is 3.12. The van der Waals surface area contributed by atoms with Crippen molar-refractivity contribution in [3.05, 3.63) is 33.9 Å². The zero-order valence-corrected chi connectivity index (χ0v) is 12.7. The Morgan fingerprint density at radius 1 is 1.40 bits per heavy atom. The van der Waals surface area contributed by atoms with Crippen molar-refractivity contribution >= 4 is 5.69 Å². The summed E-state index contributed by atoms with van der Waals surface area (Å²) in [6, 6.07) is 5.50. The first kappa shape index (κ1) is 16.4. The third-order valence-electron chi connectivity index (χ3n) is 3.57. The molecule has 0 radical (unpaired) electrons. The standard InChI is InChI=1S/C15H24N2O3/c1-5-9-20-15-10-12(7-8-14(15)17(18)19)13(6-2)11(3)16-4/h7-8,10-11,13,16H,5-6,9H2,1-4H3. The summed E-state index contributed by atoms with van der Waals surface area (Å²) in [7, 11) is 1.92. The van der Waals surface area contributed by atoms with E-state index in [1.54, 1.807) is 6.07 Å². The first-order valence-electron chi connectivity index (χ1n) is 7.13. The van der Waals surface area contributed by atoms with Crippen LogP contribution in [0.5, 0.6) is 5.75 Å². The van der Waals surface area contributed by atoms with Gasteiger partial charge in [0.05, 0.1) is 11.5 Å². The Bertz CT molecular complexity index is 449. The smallest absolute Gasteiger partial charge is 0.310 e. The zero-order valence-electron chi connectivity index (χ0n) is 12.7. The molecule has 0 amide bonds. The molecular weight excluding hydrogens is 256 g/mol. The van der Waals surface area contributed by atoms with Crippen molar-refractivity contribution < 1.29 is 9.66 Å². The molecule has 0 aromatic heterocycles. The normalized spacial score (nSPS) is 13.8. The Morgan fingerprint density at radius 2 is 2.10 bits per heavy atom. The van der Waals surface area contributed by atoms with Gasteiger partial charge in [-0.25, -0.2) is 0 Å². The summed E-state index contributed by atoms with van der Waals surface area (Å²) in [6.07, 6.45) is 1.79. The number of benzene rings is 1. The molecule has 20 heavy (non-hydrogen) atoms. The van der Waals surface area contributed by atoms with Crippen LogP contribution in [0.3, 0.4) is 0 Å². The molecule has 1 rings (SSSR count). The highest BCUT2D eigenvalue weighted by molar-refractivity contribution is 5.49. The highest BCUT2D eigenvalue weighted by Crippen LogP contribution is 2.33. The number of hydrogen-bond donors (Lipinski definition) is 1. The summed E-state index contributed by atoms with van der Waals surface area (Å²) in [4.78, 5) is 10.6. The fourth-order valence-corrected chi connectivity index (χ4v) is 2.32. The average molecular weight is 280 g/mol. The van der Waals surface area contributed by atoms with Crippen LogP contribution in [0.4, 0.5) is 5.69 Å². The fourth-order valence-electron chi connectivity index (χ4n) is 2.32. The number of nitrogens with one attached hydrogen (secondary N) is 1. The lowest BCUT2D eigenvalue weighted by atomic mass is 9.90. The fraction of sp³-hybridized carbons (Fsp3) is 0.600. The number of likely N-dealkylation sites (N-methyl/N-ethyl adjacent to an activating group) is 1. The minimum Gasteiger partial charge on any atom is -0.487 e. The molecule has 0 fully saturated rings. The van der Waals surface area contributed by atoms with Crippen LogP contribution in [0, 0.1) is 10.1 Å². The minimum atomic E-state index is -0.392. The third kappa shape index (κ3) is 3.93. The van der Waals surface area contributed by atoms with Crippen molar-refractivity contribution in [1.82, 2.24) is 5.32 Å². The van der Waals surface area contributed by atoms with Gasteiger partial charge in [0, 0.05) is 12.1 Å². The summed E-state index contributed by atoms with van der Waals surface area (Å²) in [5.41, 5.74) is 1.11. The molecule has 1 N–H and O–H groups in total. The molecule has 2 unspecified atom stereocenters. The van der Waals surface area contributed by atoms with Gasteiger partial charge in [-0.05, 0) is 44.4 Å². The van der Waals surface area contributed by atoms with Crippen LogP contribution in [0.25, 0.3) is 0 Å². The lowest BCUT2D eigenvalue weighted by molar-refractivity contribution is -0.385. The van der Waals surface area contributed by atoms with E-state index in [0.717, 1.165) is 18.4 Å². The van der Waals surface area contributed by atoms with E-state index in [-0.39, 0.29) is 5.69 Å². The largest absolute Gasteiger partial charge is 0.487 e. The number of ether oxygens (including phenoxy) is 1. The molecule has 5 heteroatoms. The molecule has 0 bridgehead atoms. The molecule has 0 saturated carbocycles. The van der Waals surface area contributed by atoms with E-state index >= 15 is 0 Å². The summed E-state index contributed by atoms with van der Waals surface area (Å²) in [6.45, 7) is 6.70. The molecule has 1 aromatic carbocycles. The molecule has 0 saturated heterocycles. The molecule has 2 atom stereocenters. The maximum Gasteiger partial charge on any atom is 0.310 e. The van der Waals surface area contributed by atoms with Gasteiger partial charge < -0.3 is 10.1 Å². The second kappa shape index (κ2) is 7.85. The van der Waals surface area contributed by atoms with Crippen molar-refractivity contribution in [1.29, 1.82) is 0 Å². The monoisotopic (exact) mass is 280 g/mol. The van der Waals surface area contributed by atoms with Gasteiger partial charge in [0.25, 0.3) is 0 Å². The summed E-state index contributed by atoms with van der Waals surface area (Å²) in [5, 5.41) is 14.3. The van der Waals surface area contributed by atoms with Gasteiger partial charge in [-0.15, -0.1) is 0 Å². The van der Waals surface area contributed by atoms with Gasteiger partial charge in [-0.1, -0.05) is 19.9 Å². The van der Waals surface area contributed by atoms with Crippen molar-refractivity contribution in [3.63, 3.8) is 0 Å². The summed E-state index contributed by atoms with van der Waals surface area (Å²) in [5.74, 6) is 0.681. The van der Waals surface area contributed by atoms with Crippen molar-refractivity contribution in [2.24, 2.45) is 0 Å². The van der Waals surface area contributed by atoms with Gasteiger partial charge in [0.1, 0.15) is 0 Å². The molecule has 0 heterocycles. The van der Waals surface area contributed by atoms with E-state index in [2.05, 4.69) is 19.2 Å². The molecule has 0 aliphatic rings.